The molecule has 0 aliphatic carbocycles. The van der Waals surface area contributed by atoms with Crippen molar-refractivity contribution in [3.63, 3.8) is 0 Å². The molecular weight excluding hydrogens is 192 g/mol. The maximum Gasteiger partial charge on any atom is 0.284 e. The lowest BCUT2D eigenvalue weighted by Gasteiger charge is -2.06. The molecule has 0 spiro atoms. The summed E-state index contributed by atoms with van der Waals surface area (Å²) >= 11 is 0. The van der Waals surface area contributed by atoms with Crippen molar-refractivity contribution >= 4 is 5.69 Å². The van der Waals surface area contributed by atoms with Crippen molar-refractivity contribution < 1.29 is 13.9 Å². The Kier molecular flexibility index (Phi) is 2.82. The normalized spacial score (nSPS) is 10.1. The molecule has 0 aliphatic rings. The third-order valence-electron chi connectivity index (χ3n) is 1.57. The van der Waals surface area contributed by atoms with Gasteiger partial charge in [-0.05, 0) is 6.07 Å². The van der Waals surface area contributed by atoms with Crippen molar-refractivity contribution in [2.75, 3.05) is 5.73 Å². The number of aromatic nitrogens is 1. The van der Waals surface area contributed by atoms with Crippen LogP contribution in [0.2, 0.25) is 0 Å². The Balaban J connectivity index is 3.22. The molecule has 0 aliphatic heterocycles. The monoisotopic (exact) mass is 199 g/mol. The number of hydrogen-bond acceptors (Lipinski definition) is 4. The second kappa shape index (κ2) is 3.87. The van der Waals surface area contributed by atoms with E-state index in [2.05, 4.69) is 4.98 Å². The zero-order valence-electron chi connectivity index (χ0n) is 7.04. The van der Waals surface area contributed by atoms with E-state index in [-0.39, 0.29) is 17.8 Å². The summed E-state index contributed by atoms with van der Waals surface area (Å²) in [4.78, 5) is 3.42. The predicted molar refractivity (Wildman–Crippen MR) is 44.6 cm³/mol. The fourth-order valence-electron chi connectivity index (χ4n) is 0.959. The van der Waals surface area contributed by atoms with Crippen LogP contribution in [0.4, 0.5) is 14.5 Å². The second-order valence-corrected chi connectivity index (χ2v) is 2.57. The minimum absolute atomic E-state index is 0.121. The van der Waals surface area contributed by atoms with Crippen LogP contribution in [0, 0.1) is 11.3 Å². The van der Waals surface area contributed by atoms with Crippen molar-refractivity contribution in [2.45, 2.75) is 12.8 Å². The summed E-state index contributed by atoms with van der Waals surface area (Å²) in [7, 11) is 0. The Hall–Kier alpha value is -1.90. The van der Waals surface area contributed by atoms with Gasteiger partial charge >= 0.3 is 0 Å². The maximum atomic E-state index is 12.3. The Labute approximate surface area is 78.6 Å². The van der Waals surface area contributed by atoms with Crippen molar-refractivity contribution in [3.8, 4) is 11.8 Å². The summed E-state index contributed by atoms with van der Waals surface area (Å²) < 4.78 is 24.5. The molecule has 0 bridgehead atoms. The third-order valence-corrected chi connectivity index (χ3v) is 1.57. The van der Waals surface area contributed by atoms with E-state index < -0.39 is 17.9 Å². The van der Waals surface area contributed by atoms with Gasteiger partial charge in [0.1, 0.15) is 0 Å². The molecule has 0 unspecified atom stereocenters. The van der Waals surface area contributed by atoms with Crippen molar-refractivity contribution in [3.05, 3.63) is 17.5 Å². The molecule has 0 amide bonds. The van der Waals surface area contributed by atoms with E-state index in [9.17, 15) is 8.78 Å². The van der Waals surface area contributed by atoms with Crippen LogP contribution in [0.25, 0.3) is 0 Å². The number of halogens is 2. The highest BCUT2D eigenvalue weighted by Gasteiger charge is 2.18. The number of nitrogen functional groups attached to an aromatic ring is 1. The lowest BCUT2D eigenvalue weighted by molar-refractivity contribution is 0.142. The van der Waals surface area contributed by atoms with Crippen LogP contribution < -0.4 is 5.73 Å². The summed E-state index contributed by atoms with van der Waals surface area (Å²) in [6, 6.07) is 2.95. The molecule has 0 fully saturated rings. The molecule has 0 saturated carbocycles. The molecule has 3 N–H and O–H groups in total. The third kappa shape index (κ3) is 1.88. The number of nitrogens with two attached hydrogens (primary N) is 1. The first-order valence-corrected chi connectivity index (χ1v) is 3.69. The second-order valence-electron chi connectivity index (χ2n) is 2.57. The Bertz CT molecular complexity index is 387. The quantitative estimate of drug-likeness (QED) is 0.753. The van der Waals surface area contributed by atoms with Crippen molar-refractivity contribution in [1.82, 2.24) is 4.98 Å². The molecule has 0 atom stereocenters. The van der Waals surface area contributed by atoms with Gasteiger partial charge in [0.05, 0.1) is 23.9 Å². The van der Waals surface area contributed by atoms with E-state index in [1.165, 1.54) is 6.07 Å². The Morgan fingerprint density at radius 1 is 1.64 bits per heavy atom. The maximum absolute atomic E-state index is 12.3. The van der Waals surface area contributed by atoms with E-state index in [1.54, 1.807) is 6.07 Å². The topological polar surface area (TPSA) is 82.9 Å². The average Bonchev–Trinajstić information content (AvgIpc) is 2.11. The van der Waals surface area contributed by atoms with Crippen molar-refractivity contribution in [2.24, 2.45) is 0 Å². The number of anilines is 1. The smallest absolute Gasteiger partial charge is 0.284 e. The standard InChI is InChI=1S/C8H7F2N3O/c9-8(10)6-7(14)5(12)3-4(13-6)1-2-11/h3,8,14H,1H2,(H2,12,13). The zero-order valence-corrected chi connectivity index (χ0v) is 7.04. The number of nitriles is 1. The minimum Gasteiger partial charge on any atom is -0.504 e. The van der Waals surface area contributed by atoms with E-state index in [0.717, 1.165) is 0 Å². The molecular formula is C8H7F2N3O. The first-order chi connectivity index (χ1) is 6.56. The van der Waals surface area contributed by atoms with E-state index >= 15 is 0 Å². The highest BCUT2D eigenvalue weighted by molar-refractivity contribution is 5.55. The molecule has 1 heterocycles. The van der Waals surface area contributed by atoms with E-state index in [1.807, 2.05) is 0 Å². The lowest BCUT2D eigenvalue weighted by Crippen LogP contribution is -2.00. The number of alkyl halides is 2. The summed E-state index contributed by atoms with van der Waals surface area (Å²) in [6.45, 7) is 0. The van der Waals surface area contributed by atoms with Crippen molar-refractivity contribution in [1.29, 1.82) is 5.26 Å². The number of pyridine rings is 1. The van der Waals surface area contributed by atoms with Gasteiger partial charge in [0.2, 0.25) is 0 Å². The first-order valence-electron chi connectivity index (χ1n) is 3.69. The highest BCUT2D eigenvalue weighted by atomic mass is 19.3. The molecule has 74 valence electrons. The molecule has 1 rings (SSSR count). The first kappa shape index (κ1) is 10.2. The van der Waals surface area contributed by atoms with Gasteiger partial charge in [-0.1, -0.05) is 0 Å². The van der Waals surface area contributed by atoms with Gasteiger partial charge in [0.25, 0.3) is 6.43 Å². The SMILES string of the molecule is N#CCc1cc(N)c(O)c(C(F)F)n1. The molecule has 6 heteroatoms. The average molecular weight is 199 g/mol. The van der Waals surface area contributed by atoms with Crippen LogP contribution >= 0.6 is 0 Å². The van der Waals surface area contributed by atoms with E-state index in [4.69, 9.17) is 16.1 Å². The van der Waals surface area contributed by atoms with Crippen LogP contribution in [0.5, 0.6) is 5.75 Å². The van der Waals surface area contributed by atoms with Crippen LogP contribution in [0.3, 0.4) is 0 Å². The number of nitrogens with zero attached hydrogens (tertiary/aromatic N) is 2. The van der Waals surface area contributed by atoms with Crippen LogP contribution in [0.1, 0.15) is 17.8 Å². The lowest BCUT2D eigenvalue weighted by atomic mass is 10.2. The Morgan fingerprint density at radius 3 is 2.79 bits per heavy atom. The molecule has 1 aromatic rings. The molecule has 0 aromatic carbocycles. The zero-order chi connectivity index (χ0) is 10.7. The van der Waals surface area contributed by atoms with E-state index in [0.29, 0.717) is 0 Å². The predicted octanol–water partition coefficient (Wildman–Crippen LogP) is 1.37. The van der Waals surface area contributed by atoms with Gasteiger partial charge in [-0.25, -0.2) is 13.8 Å². The fourth-order valence-corrected chi connectivity index (χ4v) is 0.959. The number of rotatable bonds is 2. The van der Waals surface area contributed by atoms with Crippen LogP contribution in [-0.4, -0.2) is 10.1 Å². The molecule has 4 nitrogen and oxygen atoms in total. The molecule has 0 radical (unpaired) electrons. The van der Waals surface area contributed by atoms with Gasteiger partial charge < -0.3 is 10.8 Å². The minimum atomic E-state index is -2.91. The Morgan fingerprint density at radius 2 is 2.29 bits per heavy atom. The summed E-state index contributed by atoms with van der Waals surface area (Å²) in [6.07, 6.45) is -3.03. The van der Waals surface area contributed by atoms with Crippen LogP contribution in [0.15, 0.2) is 6.07 Å². The highest BCUT2D eigenvalue weighted by Crippen LogP contribution is 2.31. The number of hydrogen-bond donors (Lipinski definition) is 2. The van der Waals surface area contributed by atoms with Crippen LogP contribution in [-0.2, 0) is 6.42 Å². The summed E-state index contributed by atoms with van der Waals surface area (Å²) in [5.74, 6) is -0.721. The van der Waals surface area contributed by atoms with Gasteiger partial charge in [0.15, 0.2) is 11.4 Å². The molecule has 1 aromatic heterocycles. The fraction of sp³-hybridized carbons (Fsp3) is 0.250. The summed E-state index contributed by atoms with van der Waals surface area (Å²) in [5, 5.41) is 17.4. The van der Waals surface area contributed by atoms with Gasteiger partial charge in [-0.15, -0.1) is 0 Å². The molecule has 14 heavy (non-hydrogen) atoms. The molecule has 0 saturated heterocycles. The number of aromatic hydroxyl groups is 1. The summed E-state index contributed by atoms with van der Waals surface area (Å²) in [5.41, 5.74) is 4.40. The van der Waals surface area contributed by atoms with Gasteiger partial charge in [-0.2, -0.15) is 5.26 Å². The van der Waals surface area contributed by atoms with Gasteiger partial charge in [-0.3, -0.25) is 0 Å². The largest absolute Gasteiger partial charge is 0.504 e. The van der Waals surface area contributed by atoms with Gasteiger partial charge in [0, 0.05) is 0 Å².